The van der Waals surface area contributed by atoms with Gasteiger partial charge in [0.25, 0.3) is 0 Å². The number of hydrogen-bond donors (Lipinski definition) is 3. The second-order valence-corrected chi connectivity index (χ2v) is 16.5. The lowest BCUT2D eigenvalue weighted by atomic mass is 10.1. The molecule has 8 aromatic heterocycles. The molecule has 0 aliphatic carbocycles. The Morgan fingerprint density at radius 1 is 0.374 bits per heavy atom. The van der Waals surface area contributed by atoms with Crippen LogP contribution in [0, 0.1) is 0 Å². The fraction of sp³-hybridized carbons (Fsp3) is 0.250. The van der Waals surface area contributed by atoms with E-state index in [1.165, 1.54) is 44.8 Å². The summed E-state index contributed by atoms with van der Waals surface area (Å²) in [6.45, 7) is 36.8. The number of aromatic amines is 2. The Kier molecular flexibility index (Phi) is 62.5. The number of imidazole rings is 2. The standard InChI is InChI=1S/C10H8.C8H8N2.C8H6N2.C8H6S.C7H6N2.C5H4N4.C4H4N2.C4H4O.C4H4S.9C2H6/c1-2-6-10-8-4-3-7-9(10)5-1;2*1-2-4-8-7(3-1)5-9-6-10-8;1-2-4-8-7(3-1)5-6-9-8;1-2-4-7-6(3-1)8-5-9-7;1-4-5(8-2-6-1)9-3-7-4;1-2-5-4-6-3-1;2*1-2-4-5-3-1;9*1-2/h1-8H;1-4,6H,5H2,(H,9,10);1-6H;1-6H;1-5H,(H,8,9);1-3H,(H,6,7,8,9);1-4H;2*1-4H;9*1-2H3. The molecule has 486 valence electrons. The number of anilines is 1. The van der Waals surface area contributed by atoms with Crippen LogP contribution in [0.15, 0.2) is 276 Å². The Morgan fingerprint density at radius 2 is 0.868 bits per heavy atom. The van der Waals surface area contributed by atoms with Gasteiger partial charge in [-0.15, -0.1) is 11.3 Å². The molecule has 0 unspecified atom stereocenters. The molecular weight excluding hydrogens is 1160 g/mol. The summed E-state index contributed by atoms with van der Waals surface area (Å²) in [7, 11) is 0. The summed E-state index contributed by atoms with van der Waals surface area (Å²) in [6, 6.07) is 60.8. The Morgan fingerprint density at radius 3 is 1.36 bits per heavy atom. The predicted molar refractivity (Wildman–Crippen MR) is 403 cm³/mol. The molecule has 0 saturated carbocycles. The second-order valence-electron chi connectivity index (χ2n) is 14.7. The zero-order chi connectivity index (χ0) is 68.1. The van der Waals surface area contributed by atoms with Gasteiger partial charge in [0.2, 0.25) is 0 Å². The Hall–Kier alpha value is -9.57. The van der Waals surface area contributed by atoms with E-state index in [-0.39, 0.29) is 0 Å². The first kappa shape index (κ1) is 85.6. The van der Waals surface area contributed by atoms with Crippen molar-refractivity contribution >= 4 is 88.7 Å². The monoisotopic (exact) mass is 1260 g/mol. The first-order chi connectivity index (χ1) is 45.3. The molecule has 0 fully saturated rings. The minimum atomic E-state index is 0.713. The third-order valence-electron chi connectivity index (χ3n) is 9.78. The second kappa shape index (κ2) is 66.4. The Bertz CT molecular complexity index is 3080. The average molecular weight is 1270 g/mol. The number of nitrogens with zero attached hydrogens (tertiary/aromatic N) is 9. The number of thiophene rings is 2. The minimum Gasteiger partial charge on any atom is -0.473 e. The third kappa shape index (κ3) is 39.8. The van der Waals surface area contributed by atoms with Crippen molar-refractivity contribution in [3.63, 3.8) is 0 Å². The van der Waals surface area contributed by atoms with Crippen LogP contribution in [0.1, 0.15) is 130 Å². The molecule has 3 N–H and O–H groups in total. The van der Waals surface area contributed by atoms with E-state index < -0.39 is 0 Å². The van der Waals surface area contributed by atoms with Crippen molar-refractivity contribution in [3.8, 4) is 0 Å². The third-order valence-corrected chi connectivity index (χ3v) is 11.3. The van der Waals surface area contributed by atoms with Crippen LogP contribution in [0.2, 0.25) is 0 Å². The van der Waals surface area contributed by atoms with Crippen molar-refractivity contribution < 1.29 is 4.42 Å². The number of rotatable bonds is 0. The van der Waals surface area contributed by atoms with Crippen LogP contribution in [-0.4, -0.2) is 56.2 Å². The van der Waals surface area contributed by atoms with Crippen molar-refractivity contribution in [1.29, 1.82) is 0 Å². The fourth-order valence-electron chi connectivity index (χ4n) is 6.30. The lowest BCUT2D eigenvalue weighted by Crippen LogP contribution is -2.03. The van der Waals surface area contributed by atoms with Crippen molar-refractivity contribution in [2.75, 3.05) is 5.32 Å². The van der Waals surface area contributed by atoms with Crippen LogP contribution in [0.5, 0.6) is 0 Å². The summed E-state index contributed by atoms with van der Waals surface area (Å²) in [6.07, 6.45) is 19.7. The molecule has 91 heavy (non-hydrogen) atoms. The molecule has 0 bridgehead atoms. The first-order valence-electron chi connectivity index (χ1n) is 31.7. The molecule has 0 spiro atoms. The molecule has 0 saturated heterocycles. The van der Waals surface area contributed by atoms with E-state index >= 15 is 0 Å². The summed E-state index contributed by atoms with van der Waals surface area (Å²) < 4.78 is 5.96. The Labute approximate surface area is 553 Å². The van der Waals surface area contributed by atoms with Gasteiger partial charge < -0.3 is 19.7 Å². The highest BCUT2D eigenvalue weighted by Crippen LogP contribution is 2.19. The number of fused-ring (bicyclic) bond motifs is 6. The molecule has 15 heteroatoms. The van der Waals surface area contributed by atoms with Gasteiger partial charge in [0.15, 0.2) is 5.65 Å². The zero-order valence-corrected chi connectivity index (χ0v) is 59.1. The van der Waals surface area contributed by atoms with Gasteiger partial charge in [-0.25, -0.2) is 39.9 Å². The molecule has 0 radical (unpaired) electrons. The van der Waals surface area contributed by atoms with Gasteiger partial charge in [-0.3, -0.25) is 4.99 Å². The maximum atomic E-state index is 4.58. The number of H-pyrrole nitrogens is 2. The molecule has 14 aromatic rings. The highest BCUT2D eigenvalue weighted by molar-refractivity contribution is 7.17. The van der Waals surface area contributed by atoms with Gasteiger partial charge in [0.1, 0.15) is 24.5 Å². The van der Waals surface area contributed by atoms with Gasteiger partial charge in [-0.2, -0.15) is 11.3 Å². The van der Waals surface area contributed by atoms with Gasteiger partial charge in [-0.1, -0.05) is 252 Å². The SMILES string of the molecule is C1=NCc2ccccc2N1.CC.CC.CC.CC.CC.CC.CC.CC.CC.c1ccc2[nH]cnc2c1.c1ccc2ccccc2c1.c1ccc2ncncc2c1.c1ccc2sccc2c1.c1ccoc1.c1ccsc1.c1cncnc1.c1ncc2[nH]cnc2n1. The van der Waals surface area contributed by atoms with E-state index in [9.17, 15) is 0 Å². The van der Waals surface area contributed by atoms with Gasteiger partial charge in [0, 0.05) is 34.4 Å². The van der Waals surface area contributed by atoms with Crippen LogP contribution in [0.4, 0.5) is 5.69 Å². The summed E-state index contributed by atoms with van der Waals surface area (Å²) in [5, 5.41) is 14.3. The van der Waals surface area contributed by atoms with Gasteiger partial charge in [0.05, 0.1) is 60.8 Å². The molecule has 0 atom stereocenters. The maximum Gasteiger partial charge on any atom is 0.180 e. The van der Waals surface area contributed by atoms with Crippen LogP contribution in [-0.2, 0) is 6.54 Å². The molecular formula is C76H104N12OS2. The number of para-hydroxylation sites is 4. The molecule has 6 aromatic carbocycles. The van der Waals surface area contributed by atoms with Crippen LogP contribution in [0.25, 0.3) is 54.0 Å². The Balaban J connectivity index is -0.000000934. The molecule has 15 rings (SSSR count). The molecule has 1 aliphatic rings. The summed E-state index contributed by atoms with van der Waals surface area (Å²) in [4.78, 5) is 41.0. The van der Waals surface area contributed by atoms with E-state index in [1.54, 1.807) is 85.2 Å². The topological polar surface area (TPSA) is 172 Å². The number of nitrogens with one attached hydrogen (secondary N) is 3. The quantitative estimate of drug-likeness (QED) is 0.133. The van der Waals surface area contributed by atoms with E-state index in [2.05, 4.69) is 161 Å². The van der Waals surface area contributed by atoms with E-state index in [0.29, 0.717) is 5.65 Å². The fourth-order valence-corrected chi connectivity index (χ4v) is 7.54. The zero-order valence-electron chi connectivity index (χ0n) is 57.4. The van der Waals surface area contributed by atoms with Crippen molar-refractivity contribution in [3.05, 3.63) is 273 Å². The maximum absolute atomic E-state index is 4.58. The lowest BCUT2D eigenvalue weighted by molar-refractivity contribution is 0.567. The molecule has 9 heterocycles. The highest BCUT2D eigenvalue weighted by atomic mass is 32.1. The van der Waals surface area contributed by atoms with Crippen LogP contribution in [0.3, 0.4) is 0 Å². The number of benzene rings is 6. The van der Waals surface area contributed by atoms with Gasteiger partial charge >= 0.3 is 0 Å². The van der Waals surface area contributed by atoms with Gasteiger partial charge in [-0.05, 0) is 92.5 Å². The normalized spacial score (nSPS) is 8.77. The summed E-state index contributed by atoms with van der Waals surface area (Å²) >= 11 is 3.50. The predicted octanol–water partition coefficient (Wildman–Crippen LogP) is 23.7. The van der Waals surface area contributed by atoms with E-state index in [4.69, 9.17) is 0 Å². The van der Waals surface area contributed by atoms with E-state index in [1.807, 2.05) is 227 Å². The molecule has 1 aliphatic heterocycles. The van der Waals surface area contributed by atoms with E-state index in [0.717, 1.165) is 34.0 Å². The average Bonchev–Trinajstić information content (AvgIpc) is 4.69. The number of furan rings is 1. The summed E-state index contributed by atoms with van der Waals surface area (Å²) in [5.74, 6) is 0. The summed E-state index contributed by atoms with van der Waals surface area (Å²) in [5.41, 5.74) is 7.15. The van der Waals surface area contributed by atoms with Crippen molar-refractivity contribution in [1.82, 2.24) is 49.8 Å². The van der Waals surface area contributed by atoms with Crippen molar-refractivity contribution in [2.24, 2.45) is 4.99 Å². The molecule has 13 nitrogen and oxygen atoms in total. The largest absolute Gasteiger partial charge is 0.473 e. The van der Waals surface area contributed by atoms with Crippen LogP contribution >= 0.6 is 22.7 Å². The number of aliphatic imine (C=N–C) groups is 1. The lowest BCUT2D eigenvalue weighted by Gasteiger charge is -2.10. The number of hydrogen-bond acceptors (Lipinski definition) is 13. The van der Waals surface area contributed by atoms with Crippen molar-refractivity contribution in [2.45, 2.75) is 131 Å². The minimum absolute atomic E-state index is 0.713. The first-order valence-corrected chi connectivity index (χ1v) is 33.6. The smallest absolute Gasteiger partial charge is 0.180 e. The molecule has 0 amide bonds. The highest BCUT2D eigenvalue weighted by Gasteiger charge is 2.01. The number of aromatic nitrogens is 10. The van der Waals surface area contributed by atoms with Crippen LogP contribution < -0.4 is 5.32 Å².